The summed E-state index contributed by atoms with van der Waals surface area (Å²) in [6, 6.07) is 20.8. The van der Waals surface area contributed by atoms with Crippen LogP contribution >= 0.6 is 0 Å². The lowest BCUT2D eigenvalue weighted by atomic mass is 10.1. The number of anilines is 1. The number of carbonyl (C=O) groups is 3. The van der Waals surface area contributed by atoms with E-state index in [1.807, 2.05) is 0 Å². The van der Waals surface area contributed by atoms with Gasteiger partial charge in [0.25, 0.3) is 11.8 Å². The van der Waals surface area contributed by atoms with Crippen LogP contribution in [0.3, 0.4) is 0 Å². The van der Waals surface area contributed by atoms with E-state index in [1.54, 1.807) is 74.7 Å². The summed E-state index contributed by atoms with van der Waals surface area (Å²) in [6.45, 7) is 2.13. The number of hydrogen-bond acceptors (Lipinski definition) is 10. The van der Waals surface area contributed by atoms with Crippen LogP contribution < -0.4 is 39.2 Å². The Hall–Kier alpha value is -6.04. The molecule has 2 N–H and O–H groups in total. The van der Waals surface area contributed by atoms with Crippen molar-refractivity contribution in [3.63, 3.8) is 0 Å². The fourth-order valence-corrected chi connectivity index (χ4v) is 4.23. The van der Waals surface area contributed by atoms with Crippen LogP contribution in [0.5, 0.6) is 34.5 Å². The Morgan fingerprint density at radius 1 is 0.696 bits per heavy atom. The Balaban J connectivity index is 1.41. The molecule has 0 atom stereocenters. The number of ether oxygens (including phenoxy) is 6. The van der Waals surface area contributed by atoms with Crippen LogP contribution in [0, 0.1) is 0 Å². The number of rotatable bonds is 13. The molecule has 4 aromatic carbocycles. The first-order valence-electron chi connectivity index (χ1n) is 14.0. The van der Waals surface area contributed by atoms with Crippen molar-refractivity contribution < 1.29 is 42.8 Å². The highest BCUT2D eigenvalue weighted by Gasteiger charge is 2.18. The van der Waals surface area contributed by atoms with Gasteiger partial charge in [-0.05, 0) is 85.3 Å². The van der Waals surface area contributed by atoms with Crippen molar-refractivity contribution in [3.05, 3.63) is 101 Å². The maximum absolute atomic E-state index is 13.0. The molecule has 0 aliphatic carbocycles. The van der Waals surface area contributed by atoms with Gasteiger partial charge in [-0.2, -0.15) is 5.10 Å². The van der Waals surface area contributed by atoms with Gasteiger partial charge in [0.2, 0.25) is 5.75 Å². The molecule has 0 radical (unpaired) electrons. The van der Waals surface area contributed by atoms with Crippen molar-refractivity contribution in [1.82, 2.24) is 5.43 Å². The number of esters is 1. The fourth-order valence-electron chi connectivity index (χ4n) is 4.23. The maximum atomic E-state index is 13.0. The molecule has 12 nitrogen and oxygen atoms in total. The van der Waals surface area contributed by atoms with Gasteiger partial charge in [0.05, 0.1) is 46.8 Å². The van der Waals surface area contributed by atoms with Crippen molar-refractivity contribution in [3.8, 4) is 34.5 Å². The average molecular weight is 628 g/mol. The Morgan fingerprint density at radius 3 is 2.04 bits per heavy atom. The predicted molar refractivity (Wildman–Crippen MR) is 171 cm³/mol. The molecule has 0 aliphatic heterocycles. The molecule has 0 aromatic heterocycles. The first kappa shape index (κ1) is 32.9. The standard InChI is InChI=1S/C34H33N3O9/c1-6-45-28-16-21(10-15-27(28)46-34(40)22-11-13-26(41-2)14-12-22)20-35-37-33(39)23-8-7-9-25(17-23)36-32(38)24-18-29(42-3)31(44-5)30(19-24)43-4/h7-20H,6H2,1-5H3,(H,36,38)(H,37,39). The summed E-state index contributed by atoms with van der Waals surface area (Å²) in [5, 5.41) is 6.80. The zero-order valence-corrected chi connectivity index (χ0v) is 25.9. The third-order valence-electron chi connectivity index (χ3n) is 6.49. The van der Waals surface area contributed by atoms with E-state index in [0.717, 1.165) is 0 Å². The third-order valence-corrected chi connectivity index (χ3v) is 6.49. The summed E-state index contributed by atoms with van der Waals surface area (Å²) in [4.78, 5) is 38.4. The van der Waals surface area contributed by atoms with Gasteiger partial charge in [-0.1, -0.05) is 6.07 Å². The lowest BCUT2D eigenvalue weighted by Crippen LogP contribution is -2.18. The van der Waals surface area contributed by atoms with Gasteiger partial charge in [0, 0.05) is 16.8 Å². The number of benzene rings is 4. The molecule has 2 amide bonds. The molecule has 12 heteroatoms. The van der Waals surface area contributed by atoms with Crippen LogP contribution in [0.1, 0.15) is 43.6 Å². The molecule has 0 unspecified atom stereocenters. The zero-order valence-electron chi connectivity index (χ0n) is 25.9. The molecular weight excluding hydrogens is 594 g/mol. The molecule has 0 fully saturated rings. The second kappa shape index (κ2) is 15.6. The highest BCUT2D eigenvalue weighted by Crippen LogP contribution is 2.38. The fraction of sp³-hybridized carbons (Fsp3) is 0.176. The predicted octanol–water partition coefficient (Wildman–Crippen LogP) is 5.36. The smallest absolute Gasteiger partial charge is 0.343 e. The normalized spacial score (nSPS) is 10.5. The van der Waals surface area contributed by atoms with E-state index in [0.29, 0.717) is 52.2 Å². The molecule has 0 bridgehead atoms. The van der Waals surface area contributed by atoms with Crippen molar-refractivity contribution in [1.29, 1.82) is 0 Å². The highest BCUT2D eigenvalue weighted by molar-refractivity contribution is 6.06. The van der Waals surface area contributed by atoms with Crippen molar-refractivity contribution in [2.75, 3.05) is 40.4 Å². The molecular formula is C34H33N3O9. The van der Waals surface area contributed by atoms with Crippen LogP contribution in [0.25, 0.3) is 0 Å². The van der Waals surface area contributed by atoms with Crippen LogP contribution in [0.4, 0.5) is 5.69 Å². The minimum absolute atomic E-state index is 0.231. The summed E-state index contributed by atoms with van der Waals surface area (Å²) >= 11 is 0. The Morgan fingerprint density at radius 2 is 1.41 bits per heavy atom. The number of amides is 2. The third kappa shape index (κ3) is 8.11. The van der Waals surface area contributed by atoms with Crippen LogP contribution in [-0.2, 0) is 0 Å². The first-order chi connectivity index (χ1) is 22.3. The quantitative estimate of drug-likeness (QED) is 0.0867. The zero-order chi connectivity index (χ0) is 33.1. The van der Waals surface area contributed by atoms with E-state index in [1.165, 1.54) is 45.7 Å². The van der Waals surface area contributed by atoms with E-state index in [-0.39, 0.29) is 16.9 Å². The number of hydrazone groups is 1. The van der Waals surface area contributed by atoms with Gasteiger partial charge >= 0.3 is 5.97 Å². The van der Waals surface area contributed by atoms with Gasteiger partial charge < -0.3 is 33.7 Å². The number of methoxy groups -OCH3 is 4. The number of hydrogen-bond donors (Lipinski definition) is 2. The van der Waals surface area contributed by atoms with E-state index < -0.39 is 17.8 Å². The molecule has 238 valence electrons. The minimum Gasteiger partial charge on any atom is -0.497 e. The topological polar surface area (TPSA) is 143 Å². The van der Waals surface area contributed by atoms with Gasteiger partial charge in [0.15, 0.2) is 23.0 Å². The van der Waals surface area contributed by atoms with E-state index >= 15 is 0 Å². The van der Waals surface area contributed by atoms with Crippen LogP contribution in [0.15, 0.2) is 84.0 Å². The molecule has 0 saturated carbocycles. The second-order valence-electron chi connectivity index (χ2n) is 9.41. The largest absolute Gasteiger partial charge is 0.497 e. The summed E-state index contributed by atoms with van der Waals surface area (Å²) in [5.41, 5.74) is 4.31. The summed E-state index contributed by atoms with van der Waals surface area (Å²) in [7, 11) is 5.93. The molecule has 46 heavy (non-hydrogen) atoms. The van der Waals surface area contributed by atoms with Crippen LogP contribution in [0.2, 0.25) is 0 Å². The second-order valence-corrected chi connectivity index (χ2v) is 9.41. The van der Waals surface area contributed by atoms with Crippen molar-refractivity contribution >= 4 is 29.7 Å². The van der Waals surface area contributed by atoms with E-state index in [4.69, 9.17) is 28.4 Å². The lowest BCUT2D eigenvalue weighted by molar-refractivity contribution is 0.0728. The van der Waals surface area contributed by atoms with E-state index in [9.17, 15) is 14.4 Å². The van der Waals surface area contributed by atoms with Gasteiger partial charge in [0.1, 0.15) is 5.75 Å². The van der Waals surface area contributed by atoms with Crippen molar-refractivity contribution in [2.45, 2.75) is 6.92 Å². The number of nitrogens with zero attached hydrogens (tertiary/aromatic N) is 1. The molecule has 4 aromatic rings. The molecule has 0 saturated heterocycles. The van der Waals surface area contributed by atoms with Gasteiger partial charge in [-0.25, -0.2) is 10.2 Å². The molecule has 0 heterocycles. The van der Waals surface area contributed by atoms with Gasteiger partial charge in [-0.15, -0.1) is 0 Å². The van der Waals surface area contributed by atoms with Crippen LogP contribution in [-0.4, -0.2) is 59.0 Å². The molecule has 4 rings (SSSR count). The Labute approximate surface area is 265 Å². The molecule has 0 aliphatic rings. The summed E-state index contributed by atoms with van der Waals surface area (Å²) in [5.74, 6) is 0.691. The lowest BCUT2D eigenvalue weighted by Gasteiger charge is -2.14. The maximum Gasteiger partial charge on any atom is 0.343 e. The number of nitrogens with one attached hydrogen (secondary N) is 2. The average Bonchev–Trinajstić information content (AvgIpc) is 3.08. The number of carbonyl (C=O) groups excluding carboxylic acids is 3. The highest BCUT2D eigenvalue weighted by atomic mass is 16.6. The van der Waals surface area contributed by atoms with E-state index in [2.05, 4.69) is 15.8 Å². The van der Waals surface area contributed by atoms with Gasteiger partial charge in [-0.3, -0.25) is 9.59 Å². The summed E-state index contributed by atoms with van der Waals surface area (Å²) in [6.07, 6.45) is 1.42. The minimum atomic E-state index is -0.556. The van der Waals surface area contributed by atoms with Crippen molar-refractivity contribution in [2.24, 2.45) is 5.10 Å². The Kier molecular flexibility index (Phi) is 11.2. The monoisotopic (exact) mass is 627 g/mol. The first-order valence-corrected chi connectivity index (χ1v) is 14.0. The Bertz CT molecular complexity index is 1710. The molecule has 0 spiro atoms. The summed E-state index contributed by atoms with van der Waals surface area (Å²) < 4.78 is 32.3. The SMILES string of the molecule is CCOc1cc(C=NNC(=O)c2cccc(NC(=O)c3cc(OC)c(OC)c(OC)c3)c2)ccc1OC(=O)c1ccc(OC)cc1.